The van der Waals surface area contributed by atoms with Crippen LogP contribution in [-0.4, -0.2) is 25.6 Å². The van der Waals surface area contributed by atoms with Crippen molar-refractivity contribution in [2.75, 3.05) is 19.0 Å². The van der Waals surface area contributed by atoms with Crippen LogP contribution in [0, 0.1) is 11.3 Å². The molecule has 1 amide bonds. The van der Waals surface area contributed by atoms with Gasteiger partial charge in [0.25, 0.3) is 5.91 Å². The zero-order valence-corrected chi connectivity index (χ0v) is 19.9. The fourth-order valence-corrected chi connectivity index (χ4v) is 3.32. The van der Waals surface area contributed by atoms with E-state index in [1.807, 2.05) is 36.4 Å². The Bertz CT molecular complexity index is 1220. The Hall–Kier alpha value is -4.09. The molecule has 0 atom stereocenters. The number of hydrogen-bond acceptors (Lipinski definition) is 6. The van der Waals surface area contributed by atoms with Crippen molar-refractivity contribution < 1.29 is 23.8 Å². The molecule has 0 fully saturated rings. The number of nitrogens with zero attached hydrogens (tertiary/aromatic N) is 1. The van der Waals surface area contributed by atoms with Crippen molar-refractivity contribution in [3.05, 3.63) is 94.0 Å². The Morgan fingerprint density at radius 1 is 1.03 bits per heavy atom. The summed E-state index contributed by atoms with van der Waals surface area (Å²) in [4.78, 5) is 23.8. The van der Waals surface area contributed by atoms with Crippen molar-refractivity contribution in [3.63, 3.8) is 0 Å². The number of carbonyl (C=O) groups is 2. The van der Waals surface area contributed by atoms with E-state index in [1.165, 1.54) is 13.2 Å². The number of hydrogen-bond donors (Lipinski definition) is 1. The molecule has 34 heavy (non-hydrogen) atoms. The van der Waals surface area contributed by atoms with Gasteiger partial charge in [0.05, 0.1) is 11.6 Å². The first kappa shape index (κ1) is 24.6. The smallest absolute Gasteiger partial charge is 0.343 e. The SMILES string of the molecule is COC(=O)COc1ccc(/C=C(\C#N)C(=O)Nc2ccc(OCc3ccccc3)cc2)cc1Br. The van der Waals surface area contributed by atoms with Crippen molar-refractivity contribution in [3.8, 4) is 17.6 Å². The van der Waals surface area contributed by atoms with Crippen LogP contribution >= 0.6 is 15.9 Å². The summed E-state index contributed by atoms with van der Waals surface area (Å²) in [5, 5.41) is 12.2. The van der Waals surface area contributed by atoms with Crippen LogP contribution in [0.1, 0.15) is 11.1 Å². The maximum absolute atomic E-state index is 12.6. The Labute approximate surface area is 205 Å². The molecule has 0 spiro atoms. The van der Waals surface area contributed by atoms with Gasteiger partial charge in [-0.1, -0.05) is 36.4 Å². The third kappa shape index (κ3) is 7.22. The Morgan fingerprint density at radius 2 is 1.76 bits per heavy atom. The molecular weight excluding hydrogens is 500 g/mol. The second-order valence-corrected chi connectivity index (χ2v) is 7.83. The number of benzene rings is 3. The van der Waals surface area contributed by atoms with Crippen LogP contribution in [-0.2, 0) is 20.9 Å². The molecule has 7 nitrogen and oxygen atoms in total. The Balaban J connectivity index is 1.61. The van der Waals surface area contributed by atoms with Crippen LogP contribution in [0.5, 0.6) is 11.5 Å². The monoisotopic (exact) mass is 520 g/mol. The summed E-state index contributed by atoms with van der Waals surface area (Å²) in [6.45, 7) is 0.210. The quantitative estimate of drug-likeness (QED) is 0.238. The summed E-state index contributed by atoms with van der Waals surface area (Å²) in [5.74, 6) is 0.0510. The van der Waals surface area contributed by atoms with E-state index in [0.29, 0.717) is 33.8 Å². The molecule has 0 aliphatic carbocycles. The largest absolute Gasteiger partial charge is 0.489 e. The number of halogens is 1. The predicted octanol–water partition coefficient (Wildman–Crippen LogP) is 5.13. The van der Waals surface area contributed by atoms with Gasteiger partial charge in [-0.3, -0.25) is 4.79 Å². The molecule has 1 N–H and O–H groups in total. The zero-order chi connectivity index (χ0) is 24.3. The van der Waals surface area contributed by atoms with Crippen LogP contribution in [0.25, 0.3) is 6.08 Å². The lowest BCUT2D eigenvalue weighted by Crippen LogP contribution is -2.13. The third-order valence-electron chi connectivity index (χ3n) is 4.57. The second-order valence-electron chi connectivity index (χ2n) is 6.98. The zero-order valence-electron chi connectivity index (χ0n) is 18.3. The van der Waals surface area contributed by atoms with E-state index < -0.39 is 11.9 Å². The molecule has 3 aromatic rings. The van der Waals surface area contributed by atoms with Crippen LogP contribution in [0.4, 0.5) is 5.69 Å². The van der Waals surface area contributed by atoms with Gasteiger partial charge < -0.3 is 19.5 Å². The van der Waals surface area contributed by atoms with Crippen LogP contribution in [0.15, 0.2) is 82.8 Å². The fraction of sp³-hybridized carbons (Fsp3) is 0.115. The number of esters is 1. The predicted molar refractivity (Wildman–Crippen MR) is 131 cm³/mol. The van der Waals surface area contributed by atoms with Crippen LogP contribution in [0.2, 0.25) is 0 Å². The molecule has 172 valence electrons. The van der Waals surface area contributed by atoms with Crippen molar-refractivity contribution in [2.45, 2.75) is 6.61 Å². The number of amides is 1. The first-order valence-corrected chi connectivity index (χ1v) is 11.0. The highest BCUT2D eigenvalue weighted by Crippen LogP contribution is 2.27. The minimum absolute atomic E-state index is 0.0699. The highest BCUT2D eigenvalue weighted by molar-refractivity contribution is 9.10. The molecule has 0 radical (unpaired) electrons. The third-order valence-corrected chi connectivity index (χ3v) is 5.19. The van der Waals surface area contributed by atoms with Gasteiger partial charge in [0.1, 0.15) is 29.7 Å². The van der Waals surface area contributed by atoms with Crippen molar-refractivity contribution in [1.29, 1.82) is 5.26 Å². The molecule has 3 aromatic carbocycles. The molecule has 0 heterocycles. The summed E-state index contributed by atoms with van der Waals surface area (Å²) < 4.78 is 16.2. The minimum atomic E-state index is -0.539. The Morgan fingerprint density at radius 3 is 2.41 bits per heavy atom. The molecule has 0 aromatic heterocycles. The molecule has 0 aliphatic heterocycles. The number of carbonyl (C=O) groups excluding carboxylic acids is 2. The number of methoxy groups -OCH3 is 1. The van der Waals surface area contributed by atoms with E-state index in [9.17, 15) is 14.9 Å². The van der Waals surface area contributed by atoms with Gasteiger partial charge in [-0.05, 0) is 69.5 Å². The van der Waals surface area contributed by atoms with E-state index in [0.717, 1.165) is 5.56 Å². The van der Waals surface area contributed by atoms with Gasteiger partial charge in [-0.25, -0.2) is 4.79 Å². The average Bonchev–Trinajstić information content (AvgIpc) is 2.86. The highest BCUT2D eigenvalue weighted by Gasteiger charge is 2.11. The lowest BCUT2D eigenvalue weighted by Gasteiger charge is -2.09. The fourth-order valence-electron chi connectivity index (χ4n) is 2.81. The molecular formula is C26H21BrN2O5. The summed E-state index contributed by atoms with van der Waals surface area (Å²) in [5.41, 5.74) is 2.12. The van der Waals surface area contributed by atoms with Gasteiger partial charge in [0.2, 0.25) is 0 Å². The van der Waals surface area contributed by atoms with Crippen LogP contribution < -0.4 is 14.8 Å². The first-order chi connectivity index (χ1) is 16.5. The number of ether oxygens (including phenoxy) is 3. The lowest BCUT2D eigenvalue weighted by atomic mass is 10.1. The van der Waals surface area contributed by atoms with E-state index in [-0.39, 0.29) is 12.2 Å². The standard InChI is InChI=1S/C26H21BrN2O5/c1-32-25(30)17-34-24-12-7-19(14-23(24)27)13-20(15-28)26(31)29-21-8-10-22(11-9-21)33-16-18-5-3-2-4-6-18/h2-14H,16-17H2,1H3,(H,29,31)/b20-13+. The van der Waals surface area contributed by atoms with Crippen molar-refractivity contribution in [2.24, 2.45) is 0 Å². The number of rotatable bonds is 9. The van der Waals surface area contributed by atoms with Crippen molar-refractivity contribution >= 4 is 39.6 Å². The minimum Gasteiger partial charge on any atom is -0.489 e. The first-order valence-electron chi connectivity index (χ1n) is 10.2. The highest BCUT2D eigenvalue weighted by atomic mass is 79.9. The molecule has 8 heteroatoms. The van der Waals surface area contributed by atoms with E-state index in [1.54, 1.807) is 42.5 Å². The van der Waals surface area contributed by atoms with Crippen molar-refractivity contribution in [1.82, 2.24) is 0 Å². The summed E-state index contributed by atoms with van der Waals surface area (Å²) in [6, 6.07) is 23.6. The molecule has 0 saturated heterocycles. The summed E-state index contributed by atoms with van der Waals surface area (Å²) >= 11 is 3.35. The number of nitrogens with one attached hydrogen (secondary N) is 1. The molecule has 0 bridgehead atoms. The summed E-state index contributed by atoms with van der Waals surface area (Å²) in [7, 11) is 1.28. The summed E-state index contributed by atoms with van der Waals surface area (Å²) in [6.07, 6.45) is 1.46. The molecule has 3 rings (SSSR count). The van der Waals surface area contributed by atoms with Crippen LogP contribution in [0.3, 0.4) is 0 Å². The Kier molecular flexibility index (Phi) is 8.83. The normalized spacial score (nSPS) is 10.7. The maximum atomic E-state index is 12.6. The number of nitriles is 1. The topological polar surface area (TPSA) is 97.7 Å². The van der Waals surface area contributed by atoms with Gasteiger partial charge in [-0.15, -0.1) is 0 Å². The van der Waals surface area contributed by atoms with Gasteiger partial charge >= 0.3 is 5.97 Å². The van der Waals surface area contributed by atoms with E-state index in [2.05, 4.69) is 26.0 Å². The number of anilines is 1. The molecule has 0 saturated carbocycles. The average molecular weight is 521 g/mol. The van der Waals surface area contributed by atoms with Gasteiger partial charge in [0, 0.05) is 5.69 Å². The maximum Gasteiger partial charge on any atom is 0.343 e. The lowest BCUT2D eigenvalue weighted by molar-refractivity contribution is -0.142. The van der Waals surface area contributed by atoms with Gasteiger partial charge in [0.15, 0.2) is 6.61 Å². The molecule has 0 aliphatic rings. The van der Waals surface area contributed by atoms with E-state index in [4.69, 9.17) is 9.47 Å². The van der Waals surface area contributed by atoms with E-state index >= 15 is 0 Å². The van der Waals surface area contributed by atoms with Gasteiger partial charge in [-0.2, -0.15) is 5.26 Å². The molecule has 0 unspecified atom stereocenters. The second kappa shape index (κ2) is 12.2.